The third-order valence-corrected chi connectivity index (χ3v) is 3.70. The Balaban J connectivity index is 1.94. The number of benzene rings is 1. The second-order valence-electron chi connectivity index (χ2n) is 5.21. The zero-order valence-electron chi connectivity index (χ0n) is 12.1. The molecule has 1 aliphatic heterocycles. The molecule has 2 aromatic rings. The first-order valence-corrected chi connectivity index (χ1v) is 6.83. The van der Waals surface area contributed by atoms with Crippen molar-refractivity contribution in [2.75, 3.05) is 20.3 Å². The molecular formula is C15H18N4O2. The number of amidine groups is 1. The lowest BCUT2D eigenvalue weighted by atomic mass is 10.2. The van der Waals surface area contributed by atoms with Crippen LogP contribution in [0.5, 0.6) is 0 Å². The van der Waals surface area contributed by atoms with Gasteiger partial charge >= 0.3 is 0 Å². The lowest BCUT2D eigenvalue weighted by Crippen LogP contribution is -2.38. The van der Waals surface area contributed by atoms with Crippen molar-refractivity contribution in [3.63, 3.8) is 0 Å². The predicted octanol–water partition coefficient (Wildman–Crippen LogP) is 2.16. The van der Waals surface area contributed by atoms with Gasteiger partial charge in [0.15, 0.2) is 0 Å². The summed E-state index contributed by atoms with van der Waals surface area (Å²) < 4.78 is 5.13. The molecule has 1 atom stereocenters. The van der Waals surface area contributed by atoms with Crippen molar-refractivity contribution in [2.24, 2.45) is 0 Å². The molecule has 1 aromatic carbocycles. The van der Waals surface area contributed by atoms with Crippen molar-refractivity contribution >= 4 is 22.4 Å². The van der Waals surface area contributed by atoms with Gasteiger partial charge in [0.25, 0.3) is 0 Å². The van der Waals surface area contributed by atoms with E-state index in [9.17, 15) is 5.11 Å². The molecule has 1 aliphatic rings. The molecule has 110 valence electrons. The average Bonchev–Trinajstić information content (AvgIpc) is 2.99. The lowest BCUT2D eigenvalue weighted by molar-refractivity contribution is 0.137. The number of aromatic amines is 1. The van der Waals surface area contributed by atoms with Crippen molar-refractivity contribution < 1.29 is 9.84 Å². The number of hydrogen-bond acceptors (Lipinski definition) is 4. The topological polar surface area (TPSA) is 85.2 Å². The number of para-hydroxylation sites is 2. The van der Waals surface area contributed by atoms with Gasteiger partial charge in [0.05, 0.1) is 35.8 Å². The molecule has 0 amide bonds. The van der Waals surface area contributed by atoms with Crippen LogP contribution in [0.25, 0.3) is 16.6 Å². The molecule has 0 saturated carbocycles. The summed E-state index contributed by atoms with van der Waals surface area (Å²) in [6, 6.07) is 7.68. The third kappa shape index (κ3) is 2.27. The van der Waals surface area contributed by atoms with Gasteiger partial charge in [-0.25, -0.2) is 4.98 Å². The largest absolute Gasteiger partial charge is 0.510 e. The molecule has 3 N–H and O–H groups in total. The summed E-state index contributed by atoms with van der Waals surface area (Å²) in [5.74, 6) is 0.976. The van der Waals surface area contributed by atoms with Crippen LogP contribution in [0.4, 0.5) is 0 Å². The Morgan fingerprint density at radius 1 is 1.48 bits per heavy atom. The smallest absolute Gasteiger partial charge is 0.145 e. The summed E-state index contributed by atoms with van der Waals surface area (Å²) in [6.45, 7) is 2.78. The number of fused-ring (bicyclic) bond motifs is 1. The summed E-state index contributed by atoms with van der Waals surface area (Å²) in [5, 5.41) is 18.5. The van der Waals surface area contributed by atoms with E-state index in [2.05, 4.69) is 9.97 Å². The van der Waals surface area contributed by atoms with E-state index >= 15 is 0 Å². The Labute approximate surface area is 122 Å². The van der Waals surface area contributed by atoms with Crippen LogP contribution in [0, 0.1) is 5.41 Å². The number of H-pyrrole nitrogens is 1. The van der Waals surface area contributed by atoms with E-state index in [4.69, 9.17) is 10.1 Å². The highest BCUT2D eigenvalue weighted by atomic mass is 16.5. The van der Waals surface area contributed by atoms with Crippen LogP contribution in [0.3, 0.4) is 0 Å². The van der Waals surface area contributed by atoms with Crippen molar-refractivity contribution in [3.05, 3.63) is 35.8 Å². The number of aliphatic hydroxyl groups excluding tert-OH is 1. The first-order chi connectivity index (χ1) is 10.1. The number of imidazole rings is 1. The van der Waals surface area contributed by atoms with Crippen LogP contribution in [-0.2, 0) is 4.74 Å². The van der Waals surface area contributed by atoms with Gasteiger partial charge in [-0.2, -0.15) is 0 Å². The standard InChI is InChI=1S/C15H18N4O2/c1-9(8-21-2)19-7-12(20)13(14(19)16)15-17-10-5-3-4-6-11(10)18-15/h3-6,9,16,20H,7-8H2,1-2H3,(H,17,18)/t9-/m0/s1. The third-order valence-electron chi connectivity index (χ3n) is 3.70. The van der Waals surface area contributed by atoms with Crippen LogP contribution in [-0.4, -0.2) is 52.1 Å². The monoisotopic (exact) mass is 286 g/mol. The molecule has 6 nitrogen and oxygen atoms in total. The Morgan fingerprint density at radius 3 is 2.95 bits per heavy atom. The van der Waals surface area contributed by atoms with Gasteiger partial charge in [0.2, 0.25) is 0 Å². The lowest BCUT2D eigenvalue weighted by Gasteiger charge is -2.25. The Morgan fingerprint density at radius 2 is 2.24 bits per heavy atom. The first kappa shape index (κ1) is 13.6. The SMILES string of the molecule is COC[C@H](C)N1CC(O)=C(c2nc3ccccc3[nH]2)C1=N. The van der Waals surface area contributed by atoms with E-state index < -0.39 is 0 Å². The molecule has 0 aliphatic carbocycles. The fourth-order valence-corrected chi connectivity index (χ4v) is 2.63. The highest BCUT2D eigenvalue weighted by Gasteiger charge is 2.32. The molecule has 6 heteroatoms. The molecule has 3 rings (SSSR count). The van der Waals surface area contributed by atoms with Crippen molar-refractivity contribution in [1.29, 1.82) is 5.41 Å². The number of nitrogens with one attached hydrogen (secondary N) is 2. The molecule has 0 bridgehead atoms. The van der Waals surface area contributed by atoms with E-state index in [1.807, 2.05) is 31.2 Å². The van der Waals surface area contributed by atoms with Crippen LogP contribution in [0.2, 0.25) is 0 Å². The molecule has 0 saturated heterocycles. The first-order valence-electron chi connectivity index (χ1n) is 6.83. The second-order valence-corrected chi connectivity index (χ2v) is 5.21. The van der Waals surface area contributed by atoms with Gasteiger partial charge in [0.1, 0.15) is 17.4 Å². The molecule has 0 spiro atoms. The van der Waals surface area contributed by atoms with Gasteiger partial charge in [-0.1, -0.05) is 12.1 Å². The van der Waals surface area contributed by atoms with Crippen molar-refractivity contribution in [3.8, 4) is 0 Å². The zero-order valence-corrected chi connectivity index (χ0v) is 12.1. The maximum Gasteiger partial charge on any atom is 0.145 e. The predicted molar refractivity (Wildman–Crippen MR) is 81.4 cm³/mol. The maximum atomic E-state index is 10.2. The van der Waals surface area contributed by atoms with E-state index in [1.165, 1.54) is 0 Å². The summed E-state index contributed by atoms with van der Waals surface area (Å²) >= 11 is 0. The molecule has 0 fully saturated rings. The summed E-state index contributed by atoms with van der Waals surface area (Å²) in [4.78, 5) is 9.43. The summed E-state index contributed by atoms with van der Waals surface area (Å²) in [6.07, 6.45) is 0. The van der Waals surface area contributed by atoms with E-state index in [-0.39, 0.29) is 17.6 Å². The number of rotatable bonds is 4. The Bertz CT molecular complexity index is 686. The number of methoxy groups -OCH3 is 1. The van der Waals surface area contributed by atoms with Gasteiger partial charge in [-0.3, -0.25) is 5.41 Å². The number of hydrogen-bond donors (Lipinski definition) is 3. The quantitative estimate of drug-likeness (QED) is 0.804. The fourth-order valence-electron chi connectivity index (χ4n) is 2.63. The minimum absolute atomic E-state index is 0.0199. The zero-order chi connectivity index (χ0) is 15.0. The van der Waals surface area contributed by atoms with Crippen LogP contribution >= 0.6 is 0 Å². The number of ether oxygens (including phenoxy) is 1. The summed E-state index contributed by atoms with van der Waals surface area (Å²) in [5.41, 5.74) is 2.18. The fraction of sp³-hybridized carbons (Fsp3) is 0.333. The molecule has 0 unspecified atom stereocenters. The molecular weight excluding hydrogens is 268 g/mol. The molecule has 2 heterocycles. The highest BCUT2D eigenvalue weighted by Crippen LogP contribution is 2.28. The molecule has 1 aromatic heterocycles. The highest BCUT2D eigenvalue weighted by molar-refractivity contribution is 6.23. The Kier molecular flexibility index (Phi) is 3.39. The number of nitrogens with zero attached hydrogens (tertiary/aromatic N) is 2. The minimum Gasteiger partial charge on any atom is -0.510 e. The van der Waals surface area contributed by atoms with E-state index in [0.717, 1.165) is 11.0 Å². The van der Waals surface area contributed by atoms with E-state index in [0.29, 0.717) is 24.5 Å². The number of aromatic nitrogens is 2. The van der Waals surface area contributed by atoms with Crippen molar-refractivity contribution in [1.82, 2.24) is 14.9 Å². The average molecular weight is 286 g/mol. The minimum atomic E-state index is 0.0199. The van der Waals surface area contributed by atoms with Crippen molar-refractivity contribution in [2.45, 2.75) is 13.0 Å². The van der Waals surface area contributed by atoms with E-state index in [1.54, 1.807) is 12.0 Å². The molecule has 0 radical (unpaired) electrons. The van der Waals surface area contributed by atoms with Gasteiger partial charge in [-0.05, 0) is 19.1 Å². The second kappa shape index (κ2) is 5.21. The maximum absolute atomic E-state index is 10.2. The normalized spacial score (nSPS) is 17.0. The van der Waals surface area contributed by atoms with Gasteiger partial charge in [0, 0.05) is 7.11 Å². The van der Waals surface area contributed by atoms with Crippen LogP contribution < -0.4 is 0 Å². The molecule has 21 heavy (non-hydrogen) atoms. The van der Waals surface area contributed by atoms with Crippen LogP contribution in [0.15, 0.2) is 30.0 Å². The van der Waals surface area contributed by atoms with Crippen LogP contribution in [0.1, 0.15) is 12.7 Å². The Hall–Kier alpha value is -2.34. The summed E-state index contributed by atoms with van der Waals surface area (Å²) in [7, 11) is 1.63. The number of aliphatic hydroxyl groups is 1. The van der Waals surface area contributed by atoms with Gasteiger partial charge < -0.3 is 19.7 Å². The van der Waals surface area contributed by atoms with Gasteiger partial charge in [-0.15, -0.1) is 0 Å².